The molecule has 1 heterocycles. The first-order valence-corrected chi connectivity index (χ1v) is 11.7. The van der Waals surface area contributed by atoms with Crippen LogP contribution in [0.2, 0.25) is 5.15 Å². The van der Waals surface area contributed by atoms with Crippen LogP contribution in [0.25, 0.3) is 11.1 Å². The number of carbonyl (C=O) groups is 2. The fourth-order valence-electron chi connectivity index (χ4n) is 4.56. The predicted octanol–water partition coefficient (Wildman–Crippen LogP) is 5.08. The second-order valence-corrected chi connectivity index (χ2v) is 8.81. The summed E-state index contributed by atoms with van der Waals surface area (Å²) in [5.74, 6) is -1.27. The number of fused-ring (bicyclic) bond motifs is 3. The van der Waals surface area contributed by atoms with Crippen molar-refractivity contribution in [2.75, 3.05) is 6.61 Å². The van der Waals surface area contributed by atoms with E-state index in [-0.39, 0.29) is 29.8 Å². The van der Waals surface area contributed by atoms with Crippen LogP contribution in [0.5, 0.6) is 0 Å². The van der Waals surface area contributed by atoms with Crippen molar-refractivity contribution in [1.82, 2.24) is 10.0 Å². The van der Waals surface area contributed by atoms with E-state index in [1.165, 1.54) is 12.1 Å². The molecule has 0 unspecified atom stereocenters. The van der Waals surface area contributed by atoms with E-state index in [9.17, 15) is 14.8 Å². The quantitative estimate of drug-likeness (QED) is 0.282. The molecule has 5 rings (SSSR count). The number of ether oxygens (including phenoxy) is 1. The number of rotatable bonds is 7. The van der Waals surface area contributed by atoms with E-state index >= 15 is 0 Å². The topological polar surface area (TPSA) is 80.6 Å². The zero-order chi connectivity index (χ0) is 24.4. The summed E-state index contributed by atoms with van der Waals surface area (Å²) in [6.45, 7) is 0.149. The monoisotopic (exact) mass is 486 g/mol. The molecule has 0 spiro atoms. The summed E-state index contributed by atoms with van der Waals surface area (Å²) in [6.07, 6.45) is 0.239. The van der Waals surface area contributed by atoms with Gasteiger partial charge in [-0.2, -0.15) is 4.73 Å². The van der Waals surface area contributed by atoms with E-state index in [2.05, 4.69) is 29.6 Å². The Kier molecular flexibility index (Phi) is 6.29. The normalized spacial score (nSPS) is 13.1. The number of benzene rings is 3. The van der Waals surface area contributed by atoms with Gasteiger partial charge < -0.3 is 15.3 Å². The average Bonchev–Trinajstić information content (AvgIpc) is 3.39. The lowest BCUT2D eigenvalue weighted by atomic mass is 9.98. The van der Waals surface area contributed by atoms with E-state index in [1.54, 1.807) is 0 Å². The van der Waals surface area contributed by atoms with Gasteiger partial charge in [0.05, 0.1) is 0 Å². The molecule has 0 saturated carbocycles. The molecule has 0 radical (unpaired) electrons. The van der Waals surface area contributed by atoms with Crippen molar-refractivity contribution in [2.45, 2.75) is 18.4 Å². The van der Waals surface area contributed by atoms with Crippen LogP contribution < -0.4 is 5.32 Å². The largest absolute Gasteiger partial charge is 0.463 e. The molecule has 0 bridgehead atoms. The third kappa shape index (κ3) is 4.53. The summed E-state index contributed by atoms with van der Waals surface area (Å²) < 4.78 is 6.37. The Balaban J connectivity index is 1.36. The summed E-state index contributed by atoms with van der Waals surface area (Å²) in [6, 6.07) is 27.4. The standard InChI is InChI=1S/C28H23ClN2O4/c29-26-15-14-25(31(26)34)27(32)30-24(16-18-8-2-1-3-9-18)28(33)35-17-23-21-12-6-4-10-19(21)20-11-5-7-13-22(20)23/h1-15,23-24,34H,16-17H2,(H,30,32)/t24-/m0/s1. The van der Waals surface area contributed by atoms with Gasteiger partial charge in [0.25, 0.3) is 5.91 Å². The Hall–Kier alpha value is -4.03. The van der Waals surface area contributed by atoms with Gasteiger partial charge in [-0.1, -0.05) is 90.5 Å². The van der Waals surface area contributed by atoms with Crippen LogP contribution in [0.15, 0.2) is 91.0 Å². The molecule has 176 valence electrons. The first-order chi connectivity index (χ1) is 17.0. The Morgan fingerprint density at radius 1 is 0.886 bits per heavy atom. The maximum atomic E-state index is 13.3. The fourth-order valence-corrected chi connectivity index (χ4v) is 4.71. The van der Waals surface area contributed by atoms with Gasteiger partial charge in [-0.15, -0.1) is 0 Å². The first kappa shape index (κ1) is 22.7. The number of hydrogen-bond acceptors (Lipinski definition) is 4. The molecule has 2 N–H and O–H groups in total. The summed E-state index contributed by atoms with van der Waals surface area (Å²) >= 11 is 5.85. The summed E-state index contributed by atoms with van der Waals surface area (Å²) in [5, 5.41) is 12.7. The van der Waals surface area contributed by atoms with Gasteiger partial charge in [-0.3, -0.25) is 4.79 Å². The molecule has 1 amide bonds. The molecule has 35 heavy (non-hydrogen) atoms. The highest BCUT2D eigenvalue weighted by Crippen LogP contribution is 2.44. The van der Waals surface area contributed by atoms with Crippen LogP contribution in [-0.4, -0.2) is 34.5 Å². The molecular formula is C28H23ClN2O4. The number of hydrogen-bond donors (Lipinski definition) is 2. The Morgan fingerprint density at radius 3 is 2.09 bits per heavy atom. The highest BCUT2D eigenvalue weighted by atomic mass is 35.5. The minimum absolute atomic E-state index is 0.00380. The summed E-state index contributed by atoms with van der Waals surface area (Å²) in [4.78, 5) is 26.1. The van der Waals surface area contributed by atoms with Gasteiger partial charge in [-0.05, 0) is 39.9 Å². The molecule has 1 aromatic heterocycles. The SMILES string of the molecule is O=C(N[C@@H](Cc1ccccc1)C(=O)OCC1c2ccccc2-c2ccccc21)c1ccc(Cl)n1O. The van der Waals surface area contributed by atoms with Crippen molar-refractivity contribution in [3.05, 3.63) is 119 Å². The van der Waals surface area contributed by atoms with E-state index in [0.29, 0.717) is 4.73 Å². The van der Waals surface area contributed by atoms with Gasteiger partial charge in [0, 0.05) is 12.3 Å². The molecule has 0 fully saturated rings. The molecule has 6 nitrogen and oxygen atoms in total. The van der Waals surface area contributed by atoms with E-state index in [0.717, 1.165) is 27.8 Å². The third-order valence-corrected chi connectivity index (χ3v) is 6.56. The lowest BCUT2D eigenvalue weighted by molar-refractivity contribution is -0.146. The van der Waals surface area contributed by atoms with Crippen molar-refractivity contribution >= 4 is 23.5 Å². The van der Waals surface area contributed by atoms with Crippen molar-refractivity contribution in [2.24, 2.45) is 0 Å². The number of halogens is 1. The van der Waals surface area contributed by atoms with Crippen molar-refractivity contribution in [3.8, 4) is 11.1 Å². The zero-order valence-corrected chi connectivity index (χ0v) is 19.5. The highest BCUT2D eigenvalue weighted by molar-refractivity contribution is 6.30. The molecular weight excluding hydrogens is 464 g/mol. The molecule has 7 heteroatoms. The second-order valence-electron chi connectivity index (χ2n) is 8.43. The smallest absolute Gasteiger partial charge is 0.329 e. The molecule has 1 atom stereocenters. The third-order valence-electron chi connectivity index (χ3n) is 6.27. The maximum Gasteiger partial charge on any atom is 0.329 e. The Morgan fingerprint density at radius 2 is 1.49 bits per heavy atom. The summed E-state index contributed by atoms with van der Waals surface area (Å²) in [5.41, 5.74) is 5.29. The van der Waals surface area contributed by atoms with Crippen LogP contribution in [-0.2, 0) is 16.0 Å². The van der Waals surface area contributed by atoms with E-state index < -0.39 is 17.9 Å². The van der Waals surface area contributed by atoms with Crippen molar-refractivity contribution < 1.29 is 19.5 Å². The lowest BCUT2D eigenvalue weighted by Gasteiger charge is -2.20. The van der Waals surface area contributed by atoms with Crippen LogP contribution in [0.4, 0.5) is 0 Å². The lowest BCUT2D eigenvalue weighted by Crippen LogP contribution is -2.44. The maximum absolute atomic E-state index is 13.3. The molecule has 4 aromatic rings. The first-order valence-electron chi connectivity index (χ1n) is 11.3. The summed E-state index contributed by atoms with van der Waals surface area (Å²) in [7, 11) is 0. The van der Waals surface area contributed by atoms with Crippen LogP contribution >= 0.6 is 11.6 Å². The van der Waals surface area contributed by atoms with Gasteiger partial charge in [0.1, 0.15) is 23.5 Å². The fraction of sp³-hybridized carbons (Fsp3) is 0.143. The van der Waals surface area contributed by atoms with Gasteiger partial charge in [0.2, 0.25) is 0 Å². The van der Waals surface area contributed by atoms with Crippen molar-refractivity contribution in [3.63, 3.8) is 0 Å². The number of nitrogens with zero attached hydrogens (tertiary/aromatic N) is 1. The van der Waals surface area contributed by atoms with E-state index in [1.807, 2.05) is 54.6 Å². The van der Waals surface area contributed by atoms with Crippen LogP contribution in [0.3, 0.4) is 0 Å². The van der Waals surface area contributed by atoms with Gasteiger partial charge in [0.15, 0.2) is 0 Å². The number of aromatic nitrogens is 1. The second kappa shape index (κ2) is 9.68. The van der Waals surface area contributed by atoms with E-state index in [4.69, 9.17) is 16.3 Å². The number of carbonyl (C=O) groups excluding carboxylic acids is 2. The zero-order valence-electron chi connectivity index (χ0n) is 18.7. The molecule has 0 saturated heterocycles. The molecule has 1 aliphatic carbocycles. The van der Waals surface area contributed by atoms with Gasteiger partial charge >= 0.3 is 5.97 Å². The number of nitrogens with one attached hydrogen (secondary N) is 1. The number of esters is 1. The Labute approximate surface area is 207 Å². The van der Waals surface area contributed by atoms with Gasteiger partial charge in [-0.25, -0.2) is 4.79 Å². The van der Waals surface area contributed by atoms with Crippen LogP contribution in [0, 0.1) is 0 Å². The average molecular weight is 487 g/mol. The van der Waals surface area contributed by atoms with Crippen LogP contribution in [0.1, 0.15) is 33.1 Å². The number of amides is 1. The minimum Gasteiger partial charge on any atom is -0.463 e. The Bertz CT molecular complexity index is 1340. The molecule has 3 aromatic carbocycles. The van der Waals surface area contributed by atoms with Crippen molar-refractivity contribution in [1.29, 1.82) is 0 Å². The molecule has 1 aliphatic rings. The predicted molar refractivity (Wildman–Crippen MR) is 133 cm³/mol. The minimum atomic E-state index is -0.953. The highest BCUT2D eigenvalue weighted by Gasteiger charge is 2.31. The molecule has 0 aliphatic heterocycles.